The summed E-state index contributed by atoms with van der Waals surface area (Å²) < 4.78 is 0. The summed E-state index contributed by atoms with van der Waals surface area (Å²) in [5.41, 5.74) is 27.6. The summed E-state index contributed by atoms with van der Waals surface area (Å²) >= 11 is 0. The maximum atomic E-state index is 7.27. The monoisotopic (exact) mass is 1530 g/mol. The summed E-state index contributed by atoms with van der Waals surface area (Å²) in [5.74, 6) is 0. The molecule has 0 spiro atoms. The molecular formula is C96H158Cl5N3. The molecule has 0 atom stereocenters. The van der Waals surface area contributed by atoms with Crippen molar-refractivity contribution >= 4 is 62.0 Å². The lowest BCUT2D eigenvalue weighted by Crippen LogP contribution is -2.50. The molecule has 6 aromatic rings. The molecule has 592 valence electrons. The first-order chi connectivity index (χ1) is 48.1. The number of nitrogens with two attached hydrogens (primary N) is 3. The number of unbranched alkanes of at least 4 members (excludes halogenated alkanes) is 39. The van der Waals surface area contributed by atoms with E-state index in [1.54, 1.807) is 0 Å². The third-order valence-electron chi connectivity index (χ3n) is 23.0. The third-order valence-corrected chi connectivity index (χ3v) is 23.0. The number of hydrogen-bond acceptors (Lipinski definition) is 3. The Hall–Kier alpha value is -3.35. The molecule has 0 amide bonds. The molecule has 0 bridgehead atoms. The average molecular weight is 1530 g/mol. The van der Waals surface area contributed by atoms with Crippen LogP contribution in [0.15, 0.2) is 182 Å². The van der Waals surface area contributed by atoms with Gasteiger partial charge in [0, 0.05) is 0 Å². The highest BCUT2D eigenvalue weighted by Gasteiger charge is 2.46. The van der Waals surface area contributed by atoms with E-state index in [1.165, 1.54) is 303 Å². The van der Waals surface area contributed by atoms with Gasteiger partial charge in [0.2, 0.25) is 0 Å². The molecule has 0 unspecified atom stereocenters. The zero-order valence-electron chi connectivity index (χ0n) is 67.9. The van der Waals surface area contributed by atoms with Crippen LogP contribution in [0, 0.1) is 16.2 Å². The average Bonchev–Trinajstić information content (AvgIpc) is 0.772. The van der Waals surface area contributed by atoms with Crippen LogP contribution in [0.25, 0.3) is 0 Å². The van der Waals surface area contributed by atoms with Crippen molar-refractivity contribution in [3.8, 4) is 0 Å². The highest BCUT2D eigenvalue weighted by atomic mass is 35.5. The quantitative estimate of drug-likeness (QED) is 0.0333. The summed E-state index contributed by atoms with van der Waals surface area (Å²) in [4.78, 5) is 0. The van der Waals surface area contributed by atoms with Crippen LogP contribution in [-0.4, -0.2) is 0 Å². The van der Waals surface area contributed by atoms with Crippen LogP contribution in [0.4, 0.5) is 0 Å². The molecule has 0 saturated carbocycles. The van der Waals surface area contributed by atoms with E-state index >= 15 is 0 Å². The molecule has 0 fully saturated rings. The molecule has 6 rings (SSSR count). The number of halogens is 5. The van der Waals surface area contributed by atoms with Gasteiger partial charge in [-0.25, -0.2) is 0 Å². The third kappa shape index (κ3) is 37.4. The molecule has 6 aromatic carbocycles. The molecule has 6 N–H and O–H groups in total. The van der Waals surface area contributed by atoms with Crippen LogP contribution in [-0.2, 0) is 16.6 Å². The molecule has 0 radical (unpaired) electrons. The van der Waals surface area contributed by atoms with Crippen LogP contribution in [0.5, 0.6) is 0 Å². The van der Waals surface area contributed by atoms with Crippen molar-refractivity contribution in [2.24, 2.45) is 33.4 Å². The van der Waals surface area contributed by atoms with E-state index < -0.39 is 16.6 Å². The maximum Gasteiger partial charge on any atom is 0.0717 e. The zero-order chi connectivity index (χ0) is 71.5. The molecule has 3 nitrogen and oxygen atoms in total. The van der Waals surface area contributed by atoms with E-state index in [-0.39, 0.29) is 78.3 Å². The lowest BCUT2D eigenvalue weighted by Gasteiger charge is -2.45. The van der Waals surface area contributed by atoms with Gasteiger partial charge in [-0.05, 0) is 68.9 Å². The minimum atomic E-state index is -0.480. The molecule has 0 aliphatic heterocycles. The zero-order valence-corrected chi connectivity index (χ0v) is 72.0. The van der Waals surface area contributed by atoms with Crippen LogP contribution in [0.1, 0.15) is 385 Å². The second kappa shape index (κ2) is 61.4. The lowest BCUT2D eigenvalue weighted by atomic mass is 9.63. The van der Waals surface area contributed by atoms with E-state index in [1.807, 2.05) is 0 Å². The number of benzene rings is 6. The summed E-state index contributed by atoms with van der Waals surface area (Å²) in [5, 5.41) is 0. The molecule has 0 aliphatic rings. The van der Waals surface area contributed by atoms with Crippen LogP contribution in [0.3, 0.4) is 0 Å². The topological polar surface area (TPSA) is 78.1 Å². The Kier molecular flexibility index (Phi) is 60.7. The fraction of sp³-hybridized carbons (Fsp3) is 0.625. The summed E-state index contributed by atoms with van der Waals surface area (Å²) in [6.07, 6.45) is 62.2. The fourth-order valence-electron chi connectivity index (χ4n) is 15.9. The van der Waals surface area contributed by atoms with Crippen LogP contribution in [0.2, 0.25) is 0 Å². The van der Waals surface area contributed by atoms with E-state index in [9.17, 15) is 0 Å². The molecule has 0 saturated heterocycles. The number of rotatable bonds is 54. The van der Waals surface area contributed by atoms with Crippen LogP contribution >= 0.6 is 62.0 Å². The maximum absolute atomic E-state index is 7.27. The Morgan fingerprint density at radius 2 is 0.279 bits per heavy atom. The lowest BCUT2D eigenvalue weighted by molar-refractivity contribution is 0.182. The van der Waals surface area contributed by atoms with E-state index in [0.29, 0.717) is 0 Å². The van der Waals surface area contributed by atoms with Gasteiger partial charge >= 0.3 is 0 Å². The Bertz CT molecular complexity index is 2370. The molecular weight excluding hydrogens is 1370 g/mol. The van der Waals surface area contributed by atoms with Gasteiger partial charge in [-0.3, -0.25) is 0 Å². The molecule has 8 heteroatoms. The predicted molar refractivity (Wildman–Crippen MR) is 476 cm³/mol. The van der Waals surface area contributed by atoms with Gasteiger partial charge in [0.15, 0.2) is 0 Å². The minimum Gasteiger partial charge on any atom is -0.317 e. The van der Waals surface area contributed by atoms with E-state index in [0.717, 1.165) is 19.3 Å². The first-order valence-corrected chi connectivity index (χ1v) is 41.8. The summed E-state index contributed by atoms with van der Waals surface area (Å²) in [6, 6.07) is 64.2. The standard InChI is InChI=1S/3C32H51N.5ClH/c3*1-4-5-6-7-8-9-10-11-12-13-14-15-16-23-28-31(2,3)32(33,29-24-19-17-20-25-29)30-26-21-18-22-27-30;;;;;/h3*17-22,24-27H,4-16,23,28,33H2,1-3H3;5*1H. The van der Waals surface area contributed by atoms with Gasteiger partial charge in [-0.15, -0.1) is 62.0 Å². The molecule has 0 heterocycles. The molecule has 0 aliphatic carbocycles. The highest BCUT2D eigenvalue weighted by Crippen LogP contribution is 2.49. The van der Waals surface area contributed by atoms with Gasteiger partial charge in [0.05, 0.1) is 16.6 Å². The van der Waals surface area contributed by atoms with Gasteiger partial charge in [0.1, 0.15) is 0 Å². The van der Waals surface area contributed by atoms with Gasteiger partial charge in [-0.1, -0.05) is 514 Å². The Morgan fingerprint density at radius 1 is 0.173 bits per heavy atom. The fourth-order valence-corrected chi connectivity index (χ4v) is 15.9. The summed E-state index contributed by atoms with van der Waals surface area (Å²) in [6.45, 7) is 21.0. The Labute approximate surface area is 673 Å². The second-order valence-electron chi connectivity index (χ2n) is 32.3. The first-order valence-electron chi connectivity index (χ1n) is 41.8. The first kappa shape index (κ1) is 103. The van der Waals surface area contributed by atoms with Crippen molar-refractivity contribution in [3.05, 3.63) is 215 Å². The molecule has 104 heavy (non-hydrogen) atoms. The SMILES string of the molecule is CCCCCCCCCCCCCCCCC(C)(C)C(N)(c1ccccc1)c1ccccc1.CCCCCCCCCCCCCCCCC(C)(C)C(N)(c1ccccc1)c1ccccc1.CCCCCCCCCCCCCCCCC(C)(C)C(N)(c1ccccc1)c1ccccc1.Cl.Cl.Cl.Cl.Cl. The Balaban J connectivity index is 0. The van der Waals surface area contributed by atoms with Crippen molar-refractivity contribution in [2.75, 3.05) is 0 Å². The molecule has 0 aromatic heterocycles. The van der Waals surface area contributed by atoms with Crippen molar-refractivity contribution in [1.29, 1.82) is 0 Å². The van der Waals surface area contributed by atoms with E-state index in [2.05, 4.69) is 244 Å². The normalized spacial score (nSPS) is 11.7. The second-order valence-corrected chi connectivity index (χ2v) is 32.3. The van der Waals surface area contributed by atoms with Crippen LogP contribution < -0.4 is 17.2 Å². The summed E-state index contributed by atoms with van der Waals surface area (Å²) in [7, 11) is 0. The van der Waals surface area contributed by atoms with Crippen molar-refractivity contribution in [2.45, 2.75) is 368 Å². The smallest absolute Gasteiger partial charge is 0.0717 e. The minimum absolute atomic E-state index is 0. The number of hydrogen-bond donors (Lipinski definition) is 3. The van der Waals surface area contributed by atoms with E-state index in [4.69, 9.17) is 17.2 Å². The van der Waals surface area contributed by atoms with Gasteiger partial charge in [-0.2, -0.15) is 0 Å². The predicted octanol–water partition coefficient (Wildman–Crippen LogP) is 31.5. The van der Waals surface area contributed by atoms with Crippen molar-refractivity contribution in [3.63, 3.8) is 0 Å². The van der Waals surface area contributed by atoms with Gasteiger partial charge in [0.25, 0.3) is 0 Å². The van der Waals surface area contributed by atoms with Crippen molar-refractivity contribution < 1.29 is 0 Å². The van der Waals surface area contributed by atoms with Gasteiger partial charge < -0.3 is 17.2 Å². The largest absolute Gasteiger partial charge is 0.317 e. The Morgan fingerprint density at radius 3 is 0.394 bits per heavy atom. The highest BCUT2D eigenvalue weighted by molar-refractivity contribution is 5.86. The van der Waals surface area contributed by atoms with Crippen molar-refractivity contribution in [1.82, 2.24) is 0 Å².